The third kappa shape index (κ3) is 0.940. The minimum atomic E-state index is 0.646. The summed E-state index contributed by atoms with van der Waals surface area (Å²) in [6, 6.07) is 5.62. The van der Waals surface area contributed by atoms with Gasteiger partial charge in [0, 0.05) is 12.4 Å². The third-order valence-corrected chi connectivity index (χ3v) is 1.71. The number of aryl methyl sites for hydroxylation is 1. The number of nitrogens with zero attached hydrogens (tertiary/aromatic N) is 3. The van der Waals surface area contributed by atoms with Gasteiger partial charge in [-0.2, -0.15) is 5.26 Å². The summed E-state index contributed by atoms with van der Waals surface area (Å²) in [7, 11) is 0. The van der Waals surface area contributed by atoms with Crippen molar-refractivity contribution in [1.29, 1.82) is 5.26 Å². The molecule has 0 radical (unpaired) electrons. The molecule has 3 heteroatoms. The van der Waals surface area contributed by atoms with Crippen LogP contribution >= 0.6 is 0 Å². The summed E-state index contributed by atoms with van der Waals surface area (Å²) in [6.07, 6.45) is 3.77. The predicted molar refractivity (Wildman–Crippen MR) is 44.6 cm³/mol. The van der Waals surface area contributed by atoms with Crippen LogP contribution in [0.3, 0.4) is 0 Å². The van der Waals surface area contributed by atoms with Crippen LogP contribution in [-0.4, -0.2) is 9.38 Å². The van der Waals surface area contributed by atoms with E-state index >= 15 is 0 Å². The summed E-state index contributed by atoms with van der Waals surface area (Å²) in [4.78, 5) is 4.23. The van der Waals surface area contributed by atoms with Gasteiger partial charge in [-0.25, -0.2) is 4.98 Å². The van der Waals surface area contributed by atoms with Gasteiger partial charge in [-0.15, -0.1) is 0 Å². The molecular formula is C9H7N3. The van der Waals surface area contributed by atoms with E-state index in [1.54, 1.807) is 12.1 Å². The lowest BCUT2D eigenvalue weighted by Crippen LogP contribution is -1.82. The van der Waals surface area contributed by atoms with Crippen LogP contribution in [0.15, 0.2) is 24.5 Å². The molecule has 0 amide bonds. The van der Waals surface area contributed by atoms with Gasteiger partial charge in [0.15, 0.2) is 0 Å². The van der Waals surface area contributed by atoms with Crippen molar-refractivity contribution in [2.45, 2.75) is 6.92 Å². The summed E-state index contributed by atoms with van der Waals surface area (Å²) in [5.74, 6) is 0. The number of aromatic nitrogens is 2. The maximum atomic E-state index is 8.62. The van der Waals surface area contributed by atoms with Gasteiger partial charge in [-0.3, -0.25) is 0 Å². The third-order valence-electron chi connectivity index (χ3n) is 1.71. The van der Waals surface area contributed by atoms with Gasteiger partial charge in [-0.05, 0) is 19.1 Å². The molecule has 58 valence electrons. The van der Waals surface area contributed by atoms with E-state index in [0.29, 0.717) is 5.56 Å². The molecule has 0 spiro atoms. The average molecular weight is 157 g/mol. The number of fused-ring (bicyclic) bond motifs is 1. The monoisotopic (exact) mass is 157 g/mol. The largest absolute Gasteiger partial charge is 0.307 e. The molecule has 3 nitrogen and oxygen atoms in total. The fraction of sp³-hybridized carbons (Fsp3) is 0.111. The van der Waals surface area contributed by atoms with Crippen molar-refractivity contribution < 1.29 is 0 Å². The van der Waals surface area contributed by atoms with Crippen LogP contribution in [0.25, 0.3) is 5.65 Å². The lowest BCUT2D eigenvalue weighted by Gasteiger charge is -1.90. The van der Waals surface area contributed by atoms with E-state index in [1.165, 1.54) is 0 Å². The van der Waals surface area contributed by atoms with E-state index in [2.05, 4.69) is 11.1 Å². The predicted octanol–water partition coefficient (Wildman–Crippen LogP) is 1.51. The molecule has 0 fully saturated rings. The van der Waals surface area contributed by atoms with E-state index in [9.17, 15) is 0 Å². The lowest BCUT2D eigenvalue weighted by atomic mass is 10.3. The van der Waals surface area contributed by atoms with E-state index in [4.69, 9.17) is 5.26 Å². The standard InChI is InChI=1S/C9H7N3/c1-7-6-12-3-2-8(5-10)4-9(12)11-7/h2-4,6H,1H3. The van der Waals surface area contributed by atoms with Gasteiger partial charge < -0.3 is 4.40 Å². The highest BCUT2D eigenvalue weighted by atomic mass is 15.0. The Kier molecular flexibility index (Phi) is 1.34. The molecule has 0 aliphatic rings. The first-order chi connectivity index (χ1) is 5.79. The molecule has 0 unspecified atom stereocenters. The molecule has 0 aromatic carbocycles. The molecular weight excluding hydrogens is 150 g/mol. The fourth-order valence-corrected chi connectivity index (χ4v) is 1.18. The minimum Gasteiger partial charge on any atom is -0.307 e. The highest BCUT2D eigenvalue weighted by Crippen LogP contribution is 2.06. The molecule has 0 saturated carbocycles. The number of imidazole rings is 1. The average Bonchev–Trinajstić information content (AvgIpc) is 2.43. The zero-order valence-electron chi connectivity index (χ0n) is 6.65. The Morgan fingerprint density at radius 3 is 3.17 bits per heavy atom. The molecule has 0 aliphatic heterocycles. The number of pyridine rings is 1. The van der Waals surface area contributed by atoms with E-state index in [-0.39, 0.29) is 0 Å². The molecule has 0 N–H and O–H groups in total. The smallest absolute Gasteiger partial charge is 0.138 e. The summed E-state index contributed by atoms with van der Waals surface area (Å²) in [5, 5.41) is 8.62. The number of hydrogen-bond acceptors (Lipinski definition) is 2. The Bertz CT molecular complexity index is 462. The van der Waals surface area contributed by atoms with E-state index in [0.717, 1.165) is 11.3 Å². The zero-order chi connectivity index (χ0) is 8.55. The normalized spacial score (nSPS) is 10.0. The summed E-state index contributed by atoms with van der Waals surface area (Å²) >= 11 is 0. The van der Waals surface area contributed by atoms with Crippen molar-refractivity contribution in [3.05, 3.63) is 35.8 Å². The molecule has 2 aromatic rings. The van der Waals surface area contributed by atoms with Gasteiger partial charge >= 0.3 is 0 Å². The zero-order valence-corrected chi connectivity index (χ0v) is 6.65. The molecule has 0 bridgehead atoms. The number of hydrogen-bond donors (Lipinski definition) is 0. The first-order valence-corrected chi connectivity index (χ1v) is 3.65. The molecule has 12 heavy (non-hydrogen) atoms. The maximum absolute atomic E-state index is 8.62. The van der Waals surface area contributed by atoms with Crippen molar-refractivity contribution in [3.63, 3.8) is 0 Å². The second kappa shape index (κ2) is 2.35. The molecule has 2 rings (SSSR count). The van der Waals surface area contributed by atoms with Crippen LogP contribution in [0.1, 0.15) is 11.3 Å². The first-order valence-electron chi connectivity index (χ1n) is 3.65. The topological polar surface area (TPSA) is 41.1 Å². The summed E-state index contributed by atoms with van der Waals surface area (Å²) in [6.45, 7) is 1.93. The Morgan fingerprint density at radius 2 is 2.42 bits per heavy atom. The Morgan fingerprint density at radius 1 is 1.58 bits per heavy atom. The van der Waals surface area contributed by atoms with Crippen LogP contribution in [0.2, 0.25) is 0 Å². The van der Waals surface area contributed by atoms with E-state index < -0.39 is 0 Å². The lowest BCUT2D eigenvalue weighted by molar-refractivity contribution is 1.18. The van der Waals surface area contributed by atoms with Crippen LogP contribution in [0, 0.1) is 18.3 Å². The Labute approximate surface area is 69.9 Å². The highest BCUT2D eigenvalue weighted by Gasteiger charge is 1.97. The minimum absolute atomic E-state index is 0.646. The van der Waals surface area contributed by atoms with Gasteiger partial charge in [-0.1, -0.05) is 0 Å². The quantitative estimate of drug-likeness (QED) is 0.581. The van der Waals surface area contributed by atoms with Gasteiger partial charge in [0.25, 0.3) is 0 Å². The highest BCUT2D eigenvalue weighted by molar-refractivity contribution is 5.46. The molecule has 2 aromatic heterocycles. The summed E-state index contributed by atoms with van der Waals surface area (Å²) < 4.78 is 1.90. The maximum Gasteiger partial charge on any atom is 0.138 e. The van der Waals surface area contributed by atoms with Crippen molar-refractivity contribution in [1.82, 2.24) is 9.38 Å². The summed E-state index contributed by atoms with van der Waals surface area (Å²) in [5.41, 5.74) is 2.43. The van der Waals surface area contributed by atoms with Gasteiger partial charge in [0.1, 0.15) is 5.65 Å². The van der Waals surface area contributed by atoms with Crippen LogP contribution < -0.4 is 0 Å². The fourth-order valence-electron chi connectivity index (χ4n) is 1.18. The van der Waals surface area contributed by atoms with Crippen molar-refractivity contribution >= 4 is 5.65 Å². The van der Waals surface area contributed by atoms with E-state index in [1.807, 2.05) is 23.7 Å². The molecule has 0 atom stereocenters. The van der Waals surface area contributed by atoms with Crippen molar-refractivity contribution in [3.8, 4) is 6.07 Å². The Balaban J connectivity index is 2.77. The van der Waals surface area contributed by atoms with Crippen LogP contribution in [0.4, 0.5) is 0 Å². The second-order valence-electron chi connectivity index (χ2n) is 2.67. The number of rotatable bonds is 0. The number of nitriles is 1. The van der Waals surface area contributed by atoms with Crippen LogP contribution in [-0.2, 0) is 0 Å². The van der Waals surface area contributed by atoms with Crippen LogP contribution in [0.5, 0.6) is 0 Å². The molecule has 0 saturated heterocycles. The molecule has 2 heterocycles. The molecule has 0 aliphatic carbocycles. The van der Waals surface area contributed by atoms with Gasteiger partial charge in [0.05, 0.1) is 17.3 Å². The van der Waals surface area contributed by atoms with Crippen molar-refractivity contribution in [2.24, 2.45) is 0 Å². The Hall–Kier alpha value is -1.82. The van der Waals surface area contributed by atoms with Crippen molar-refractivity contribution in [2.75, 3.05) is 0 Å². The second-order valence-corrected chi connectivity index (χ2v) is 2.67. The van der Waals surface area contributed by atoms with Gasteiger partial charge in [0.2, 0.25) is 0 Å². The first kappa shape index (κ1) is 6.86. The SMILES string of the molecule is Cc1cn2ccc(C#N)cc2n1.